The Morgan fingerprint density at radius 1 is 1.10 bits per heavy atom. The van der Waals surface area contributed by atoms with Crippen LogP contribution in [0.5, 0.6) is 0 Å². The van der Waals surface area contributed by atoms with E-state index in [2.05, 4.69) is 0 Å². The first-order chi connectivity index (χ1) is 9.66. The number of nitro groups is 1. The lowest BCUT2D eigenvalue weighted by Crippen LogP contribution is -2.83. The van der Waals surface area contributed by atoms with Gasteiger partial charge in [0.2, 0.25) is 0 Å². The summed E-state index contributed by atoms with van der Waals surface area (Å²) in [5, 5.41) is 12.9. The molecule has 104 valence electrons. The number of halogens is 1. The molecule has 2 aromatic rings. The molecule has 0 spiro atoms. The number of para-hydroxylation sites is 1. The number of rotatable bonds is 6. The van der Waals surface area contributed by atoms with E-state index in [0.717, 1.165) is 24.1 Å². The SMILES string of the molecule is O=[N+]([O-])c1ccccc1C[NH2+]CCc1ccc(F)cc1. The van der Waals surface area contributed by atoms with Crippen molar-refractivity contribution < 1.29 is 14.6 Å². The van der Waals surface area contributed by atoms with E-state index in [-0.39, 0.29) is 16.4 Å². The van der Waals surface area contributed by atoms with Crippen molar-refractivity contribution in [2.24, 2.45) is 0 Å². The van der Waals surface area contributed by atoms with Gasteiger partial charge in [-0.15, -0.1) is 0 Å². The molecule has 0 aliphatic heterocycles. The Balaban J connectivity index is 1.84. The molecule has 0 amide bonds. The Morgan fingerprint density at radius 3 is 2.50 bits per heavy atom. The lowest BCUT2D eigenvalue weighted by Gasteiger charge is -2.03. The smallest absolute Gasteiger partial charge is 0.278 e. The largest absolute Gasteiger partial charge is 0.342 e. The highest BCUT2D eigenvalue weighted by Gasteiger charge is 2.12. The predicted molar refractivity (Wildman–Crippen MR) is 73.7 cm³/mol. The fraction of sp³-hybridized carbons (Fsp3) is 0.200. The second-order valence-electron chi connectivity index (χ2n) is 4.54. The molecule has 20 heavy (non-hydrogen) atoms. The summed E-state index contributed by atoms with van der Waals surface area (Å²) in [4.78, 5) is 10.5. The molecule has 0 saturated carbocycles. The van der Waals surface area contributed by atoms with E-state index in [0.29, 0.717) is 6.54 Å². The van der Waals surface area contributed by atoms with Gasteiger partial charge in [-0.25, -0.2) is 4.39 Å². The minimum atomic E-state index is -0.358. The van der Waals surface area contributed by atoms with Gasteiger partial charge in [-0.05, 0) is 23.8 Å². The van der Waals surface area contributed by atoms with E-state index < -0.39 is 0 Å². The zero-order valence-electron chi connectivity index (χ0n) is 11.0. The lowest BCUT2D eigenvalue weighted by atomic mass is 10.1. The molecule has 0 radical (unpaired) electrons. The van der Waals surface area contributed by atoms with Crippen LogP contribution in [0.3, 0.4) is 0 Å². The molecule has 0 unspecified atom stereocenters. The summed E-state index contributed by atoms with van der Waals surface area (Å²) in [5.74, 6) is -0.238. The maximum absolute atomic E-state index is 12.7. The summed E-state index contributed by atoms with van der Waals surface area (Å²) in [6, 6.07) is 13.2. The number of benzene rings is 2. The number of nitrogens with zero attached hydrogens (tertiary/aromatic N) is 1. The van der Waals surface area contributed by atoms with Crippen LogP contribution in [0.1, 0.15) is 11.1 Å². The molecule has 0 atom stereocenters. The van der Waals surface area contributed by atoms with Gasteiger partial charge in [-0.3, -0.25) is 10.1 Å². The molecule has 0 aromatic heterocycles. The van der Waals surface area contributed by atoms with Gasteiger partial charge in [-0.2, -0.15) is 0 Å². The molecule has 2 aromatic carbocycles. The van der Waals surface area contributed by atoms with Gasteiger partial charge in [0.1, 0.15) is 12.4 Å². The Bertz CT molecular complexity index is 585. The summed E-state index contributed by atoms with van der Waals surface area (Å²) in [6.07, 6.45) is 0.806. The number of nitro benzene ring substituents is 1. The topological polar surface area (TPSA) is 59.8 Å². The van der Waals surface area contributed by atoms with Crippen LogP contribution in [0.4, 0.5) is 10.1 Å². The van der Waals surface area contributed by atoms with E-state index in [1.807, 2.05) is 5.32 Å². The van der Waals surface area contributed by atoms with Gasteiger partial charge >= 0.3 is 0 Å². The average molecular weight is 275 g/mol. The number of hydrogen-bond acceptors (Lipinski definition) is 2. The quantitative estimate of drug-likeness (QED) is 0.498. The van der Waals surface area contributed by atoms with Gasteiger partial charge in [0.25, 0.3) is 5.69 Å². The zero-order valence-corrected chi connectivity index (χ0v) is 11.0. The third kappa shape index (κ3) is 3.86. The number of quaternary nitrogens is 1. The molecule has 5 heteroatoms. The highest BCUT2D eigenvalue weighted by atomic mass is 19.1. The normalized spacial score (nSPS) is 10.4. The lowest BCUT2D eigenvalue weighted by molar-refractivity contribution is -0.670. The first-order valence-electron chi connectivity index (χ1n) is 6.45. The molecule has 0 heterocycles. The Labute approximate surface area is 116 Å². The van der Waals surface area contributed by atoms with Crippen LogP contribution in [0, 0.1) is 15.9 Å². The average Bonchev–Trinajstić information content (AvgIpc) is 2.46. The maximum Gasteiger partial charge on any atom is 0.278 e. The minimum Gasteiger partial charge on any atom is -0.342 e. The van der Waals surface area contributed by atoms with Gasteiger partial charge < -0.3 is 5.32 Å². The summed E-state index contributed by atoms with van der Waals surface area (Å²) < 4.78 is 12.7. The molecule has 0 fully saturated rings. The molecule has 4 nitrogen and oxygen atoms in total. The monoisotopic (exact) mass is 275 g/mol. The Kier molecular flexibility index (Phi) is 4.79. The third-order valence-electron chi connectivity index (χ3n) is 3.10. The van der Waals surface area contributed by atoms with Crippen molar-refractivity contribution in [3.05, 3.63) is 75.6 Å². The molecular weight excluding hydrogens is 259 g/mol. The number of hydrogen-bond donors (Lipinski definition) is 1. The maximum atomic E-state index is 12.7. The molecule has 0 saturated heterocycles. The highest BCUT2D eigenvalue weighted by molar-refractivity contribution is 5.38. The van der Waals surface area contributed by atoms with Gasteiger partial charge in [0.05, 0.1) is 17.0 Å². The van der Waals surface area contributed by atoms with Crippen molar-refractivity contribution in [3.8, 4) is 0 Å². The van der Waals surface area contributed by atoms with Gasteiger partial charge in [0, 0.05) is 12.5 Å². The molecule has 0 aliphatic carbocycles. The molecule has 0 aliphatic rings. The van der Waals surface area contributed by atoms with Crippen molar-refractivity contribution in [2.45, 2.75) is 13.0 Å². The van der Waals surface area contributed by atoms with Crippen LogP contribution in [0.15, 0.2) is 48.5 Å². The fourth-order valence-corrected chi connectivity index (χ4v) is 2.04. The summed E-state index contributed by atoms with van der Waals surface area (Å²) in [5.41, 5.74) is 1.94. The standard InChI is InChI=1S/C15H15FN2O2/c16-14-7-5-12(6-8-14)9-10-17-11-13-3-1-2-4-15(13)18(19)20/h1-8,17H,9-11H2/p+1. The van der Waals surface area contributed by atoms with Gasteiger partial charge in [-0.1, -0.05) is 24.3 Å². The van der Waals surface area contributed by atoms with Crippen LogP contribution in [0.2, 0.25) is 0 Å². The predicted octanol–water partition coefficient (Wildman–Crippen LogP) is 2.04. The van der Waals surface area contributed by atoms with E-state index in [1.54, 1.807) is 30.3 Å². The van der Waals surface area contributed by atoms with E-state index in [9.17, 15) is 14.5 Å². The van der Waals surface area contributed by atoms with Crippen LogP contribution >= 0.6 is 0 Å². The summed E-state index contributed by atoms with van der Waals surface area (Å²) in [6.45, 7) is 1.37. The van der Waals surface area contributed by atoms with Crippen molar-refractivity contribution in [2.75, 3.05) is 6.54 Å². The van der Waals surface area contributed by atoms with E-state index in [1.165, 1.54) is 18.2 Å². The van der Waals surface area contributed by atoms with Crippen molar-refractivity contribution in [1.82, 2.24) is 0 Å². The molecular formula is C15H16FN2O2+. The first kappa shape index (κ1) is 14.1. The fourth-order valence-electron chi connectivity index (χ4n) is 2.04. The Hall–Kier alpha value is -2.27. The van der Waals surface area contributed by atoms with Crippen LogP contribution in [0.25, 0.3) is 0 Å². The first-order valence-corrected chi connectivity index (χ1v) is 6.45. The van der Waals surface area contributed by atoms with Crippen molar-refractivity contribution in [1.29, 1.82) is 0 Å². The van der Waals surface area contributed by atoms with E-state index >= 15 is 0 Å². The van der Waals surface area contributed by atoms with Gasteiger partial charge in [0.15, 0.2) is 0 Å². The summed E-state index contributed by atoms with van der Waals surface area (Å²) >= 11 is 0. The zero-order chi connectivity index (χ0) is 14.4. The molecule has 2 N–H and O–H groups in total. The second-order valence-corrected chi connectivity index (χ2v) is 4.54. The number of nitrogens with two attached hydrogens (primary N) is 1. The Morgan fingerprint density at radius 2 is 1.80 bits per heavy atom. The van der Waals surface area contributed by atoms with Crippen molar-refractivity contribution >= 4 is 5.69 Å². The van der Waals surface area contributed by atoms with Crippen molar-refractivity contribution in [3.63, 3.8) is 0 Å². The molecule has 2 rings (SSSR count). The minimum absolute atomic E-state index is 0.158. The van der Waals surface area contributed by atoms with Crippen LogP contribution < -0.4 is 5.32 Å². The van der Waals surface area contributed by atoms with Crippen LogP contribution in [-0.2, 0) is 13.0 Å². The van der Waals surface area contributed by atoms with E-state index in [4.69, 9.17) is 0 Å². The third-order valence-corrected chi connectivity index (χ3v) is 3.10. The van der Waals surface area contributed by atoms with Crippen LogP contribution in [-0.4, -0.2) is 11.5 Å². The highest BCUT2D eigenvalue weighted by Crippen LogP contribution is 2.15. The summed E-state index contributed by atoms with van der Waals surface area (Å²) in [7, 11) is 0. The second kappa shape index (κ2) is 6.77. The molecule has 0 bridgehead atoms.